The highest BCUT2D eigenvalue weighted by molar-refractivity contribution is 6.40. The van der Waals surface area contributed by atoms with Crippen molar-refractivity contribution < 1.29 is 17.9 Å². The average Bonchev–Trinajstić information content (AvgIpc) is 2.85. The maximum absolute atomic E-state index is 13.4. The fraction of sp³-hybridized carbons (Fsp3) is 0.125. The second-order valence-corrected chi connectivity index (χ2v) is 6.43. The first-order chi connectivity index (χ1) is 11.7. The highest BCUT2D eigenvalue weighted by Gasteiger charge is 2.47. The highest BCUT2D eigenvalue weighted by atomic mass is 35.5. The molecule has 0 N–H and O–H groups in total. The minimum atomic E-state index is -4.64. The van der Waals surface area contributed by atoms with Gasteiger partial charge in [-0.3, -0.25) is 0 Å². The molecule has 9 heteroatoms. The molecule has 3 aromatic rings. The molecule has 25 heavy (non-hydrogen) atoms. The van der Waals surface area contributed by atoms with Gasteiger partial charge in [-0.2, -0.15) is 13.2 Å². The van der Waals surface area contributed by atoms with E-state index in [0.29, 0.717) is 5.56 Å². The summed E-state index contributed by atoms with van der Waals surface area (Å²) in [6.07, 6.45) is -4.64. The largest absolute Gasteiger partial charge is 0.501 e. The van der Waals surface area contributed by atoms with Crippen molar-refractivity contribution in [3.05, 3.63) is 63.4 Å². The molecule has 0 unspecified atom stereocenters. The van der Waals surface area contributed by atoms with E-state index in [2.05, 4.69) is 4.98 Å². The van der Waals surface area contributed by atoms with E-state index in [0.717, 1.165) is 4.68 Å². The van der Waals surface area contributed by atoms with E-state index in [4.69, 9.17) is 34.8 Å². The summed E-state index contributed by atoms with van der Waals surface area (Å²) in [6.45, 7) is 0. The lowest BCUT2D eigenvalue weighted by Gasteiger charge is -2.10. The molecule has 0 radical (unpaired) electrons. The molecule has 0 aliphatic heterocycles. The molecule has 0 amide bonds. The molecule has 130 valence electrons. The number of halogens is 6. The molecule has 0 aliphatic carbocycles. The summed E-state index contributed by atoms with van der Waals surface area (Å²) in [7, 11) is 1.24. The molecule has 0 spiro atoms. The van der Waals surface area contributed by atoms with E-state index in [-0.39, 0.29) is 26.6 Å². The number of aromatic nitrogens is 3. The Morgan fingerprint density at radius 1 is 1.00 bits per heavy atom. The van der Waals surface area contributed by atoms with Crippen LogP contribution in [0.15, 0.2) is 42.5 Å². The SMILES string of the molecule is C[n+]1c(C(F)(F)F)nc(-c2ccccc2)n1-c1c(Cl)cc(Cl)cc1Cl. The monoisotopic (exact) mass is 406 g/mol. The number of benzene rings is 2. The van der Waals surface area contributed by atoms with Crippen LogP contribution in [0.5, 0.6) is 0 Å². The summed E-state index contributed by atoms with van der Waals surface area (Å²) in [4.78, 5) is 3.78. The van der Waals surface area contributed by atoms with E-state index in [9.17, 15) is 13.2 Å². The smallest absolute Gasteiger partial charge is 0.159 e. The molecule has 0 bridgehead atoms. The molecular formula is C16H10Cl3F3N3+. The van der Waals surface area contributed by atoms with Crippen LogP contribution in [0.3, 0.4) is 0 Å². The van der Waals surface area contributed by atoms with Crippen LogP contribution in [0.25, 0.3) is 17.1 Å². The van der Waals surface area contributed by atoms with Crippen molar-refractivity contribution in [1.29, 1.82) is 0 Å². The molecule has 2 aromatic carbocycles. The first-order valence-corrected chi connectivity index (χ1v) is 8.10. The summed E-state index contributed by atoms with van der Waals surface area (Å²) in [5.74, 6) is -1.02. The Morgan fingerprint density at radius 3 is 2.08 bits per heavy atom. The fourth-order valence-electron chi connectivity index (χ4n) is 2.47. The number of hydrogen-bond donors (Lipinski definition) is 0. The molecule has 0 fully saturated rings. The maximum Gasteiger partial charge on any atom is 0.501 e. The standard InChI is InChI=1S/C16H10Cl3F3N3/c1-24-15(16(20,21)22)23-14(9-5-3-2-4-6-9)25(24)13-11(18)7-10(17)8-12(13)19/h2-8H,1H3/q+1. The predicted molar refractivity (Wildman–Crippen MR) is 90.2 cm³/mol. The molecular weight excluding hydrogens is 398 g/mol. The average molecular weight is 408 g/mol. The Kier molecular flexibility index (Phi) is 4.70. The highest BCUT2D eigenvalue weighted by Crippen LogP contribution is 2.35. The third-order valence-corrected chi connectivity index (χ3v) is 4.29. The van der Waals surface area contributed by atoms with E-state index in [1.165, 1.54) is 23.9 Å². The molecule has 3 nitrogen and oxygen atoms in total. The summed E-state index contributed by atoms with van der Waals surface area (Å²) in [5, 5.41) is 0.492. The zero-order valence-electron chi connectivity index (χ0n) is 12.7. The molecule has 1 heterocycles. The van der Waals surface area contributed by atoms with Gasteiger partial charge in [0.15, 0.2) is 0 Å². The van der Waals surface area contributed by atoms with Gasteiger partial charge >= 0.3 is 12.0 Å². The first-order valence-electron chi connectivity index (χ1n) is 6.96. The normalized spacial score (nSPS) is 11.8. The Balaban J connectivity index is 2.38. The lowest BCUT2D eigenvalue weighted by molar-refractivity contribution is -0.760. The molecule has 0 saturated carbocycles. The summed E-state index contributed by atoms with van der Waals surface area (Å²) in [5.41, 5.74) is 0.646. The van der Waals surface area contributed by atoms with Crippen LogP contribution in [0.2, 0.25) is 15.1 Å². The van der Waals surface area contributed by atoms with Crippen LogP contribution in [-0.2, 0) is 13.2 Å². The lowest BCUT2D eigenvalue weighted by atomic mass is 10.2. The minimum Gasteiger partial charge on any atom is -0.159 e. The van der Waals surface area contributed by atoms with E-state index in [1.54, 1.807) is 30.3 Å². The Morgan fingerprint density at radius 2 is 1.56 bits per heavy atom. The van der Waals surface area contributed by atoms with Crippen LogP contribution in [0, 0.1) is 0 Å². The quantitative estimate of drug-likeness (QED) is 0.525. The second kappa shape index (κ2) is 6.52. The number of nitrogens with zero attached hydrogens (tertiary/aromatic N) is 3. The van der Waals surface area contributed by atoms with Crippen molar-refractivity contribution in [2.75, 3.05) is 0 Å². The van der Waals surface area contributed by atoms with Crippen molar-refractivity contribution >= 4 is 34.8 Å². The number of hydrogen-bond acceptors (Lipinski definition) is 1. The first kappa shape index (κ1) is 18.0. The van der Waals surface area contributed by atoms with Crippen LogP contribution in [0.4, 0.5) is 13.2 Å². The van der Waals surface area contributed by atoms with Gasteiger partial charge in [0.05, 0.1) is 10.0 Å². The lowest BCUT2D eigenvalue weighted by Crippen LogP contribution is -2.44. The topological polar surface area (TPSA) is 21.7 Å². The Bertz CT molecular complexity index is 914. The van der Waals surface area contributed by atoms with Gasteiger partial charge < -0.3 is 0 Å². The number of rotatable bonds is 2. The summed E-state index contributed by atoms with van der Waals surface area (Å²) < 4.78 is 42.2. The van der Waals surface area contributed by atoms with Gasteiger partial charge in [-0.25, -0.2) is 0 Å². The van der Waals surface area contributed by atoms with Gasteiger partial charge in [0.25, 0.3) is 5.82 Å². The minimum absolute atomic E-state index is 0.0570. The van der Waals surface area contributed by atoms with Crippen molar-refractivity contribution in [2.24, 2.45) is 7.05 Å². The van der Waals surface area contributed by atoms with Gasteiger partial charge in [0, 0.05) is 10.6 Å². The van der Waals surface area contributed by atoms with Gasteiger partial charge in [-0.1, -0.05) is 53.0 Å². The van der Waals surface area contributed by atoms with Crippen LogP contribution < -0.4 is 4.68 Å². The Labute approximate surface area is 156 Å². The van der Waals surface area contributed by atoms with Crippen molar-refractivity contribution in [3.8, 4) is 17.1 Å². The molecule has 0 atom stereocenters. The molecule has 0 saturated heterocycles. The van der Waals surface area contributed by atoms with Gasteiger partial charge in [-0.15, -0.1) is 9.36 Å². The molecule has 3 rings (SSSR count). The van der Waals surface area contributed by atoms with Gasteiger partial charge in [-0.05, 0) is 29.2 Å². The number of alkyl halides is 3. The van der Waals surface area contributed by atoms with E-state index < -0.39 is 12.0 Å². The van der Waals surface area contributed by atoms with Gasteiger partial charge in [0.2, 0.25) is 0 Å². The predicted octanol–water partition coefficient (Wildman–Crippen LogP) is 5.34. The Hall–Kier alpha value is -1.76. The fourth-order valence-corrected chi connectivity index (χ4v) is 3.45. The maximum atomic E-state index is 13.4. The third-order valence-electron chi connectivity index (χ3n) is 3.50. The van der Waals surface area contributed by atoms with Crippen molar-refractivity contribution in [3.63, 3.8) is 0 Å². The zero-order valence-corrected chi connectivity index (χ0v) is 14.9. The summed E-state index contributed by atoms with van der Waals surface area (Å²) in [6, 6.07) is 11.3. The van der Waals surface area contributed by atoms with E-state index >= 15 is 0 Å². The van der Waals surface area contributed by atoms with Crippen molar-refractivity contribution in [1.82, 2.24) is 9.67 Å². The second-order valence-electron chi connectivity index (χ2n) is 5.18. The van der Waals surface area contributed by atoms with Crippen molar-refractivity contribution in [2.45, 2.75) is 6.18 Å². The van der Waals surface area contributed by atoms with Crippen LogP contribution in [0.1, 0.15) is 5.82 Å². The third kappa shape index (κ3) is 3.34. The molecule has 1 aromatic heterocycles. The van der Waals surface area contributed by atoms with Crippen LogP contribution >= 0.6 is 34.8 Å². The molecule has 0 aliphatic rings. The summed E-state index contributed by atoms with van der Waals surface area (Å²) >= 11 is 18.3. The zero-order chi connectivity index (χ0) is 18.4. The van der Waals surface area contributed by atoms with Gasteiger partial charge in [0.1, 0.15) is 12.7 Å². The van der Waals surface area contributed by atoms with Crippen LogP contribution in [-0.4, -0.2) is 9.67 Å². The van der Waals surface area contributed by atoms with E-state index in [1.807, 2.05) is 0 Å².